The fourth-order valence-electron chi connectivity index (χ4n) is 7.36. The molecule has 1 aliphatic carbocycles. The topological polar surface area (TPSA) is 45.2 Å². The highest BCUT2D eigenvalue weighted by atomic mass is 19.4. The number of carbonyl (C=O) groups is 1. The van der Waals surface area contributed by atoms with Crippen molar-refractivity contribution in [3.05, 3.63) is 88.9 Å². The minimum atomic E-state index is -4.59. The first-order valence-corrected chi connectivity index (χ1v) is 14.4. The summed E-state index contributed by atoms with van der Waals surface area (Å²) in [5.74, 6) is -0.755. The van der Waals surface area contributed by atoms with Gasteiger partial charge in [-0.25, -0.2) is 13.2 Å². The van der Waals surface area contributed by atoms with E-state index < -0.39 is 40.8 Å². The van der Waals surface area contributed by atoms with E-state index in [1.165, 1.54) is 31.9 Å². The molecule has 0 saturated carbocycles. The average molecular weight is 608 g/mol. The third-order valence-corrected chi connectivity index (χ3v) is 9.90. The van der Waals surface area contributed by atoms with Crippen LogP contribution in [0.15, 0.2) is 72.2 Å². The van der Waals surface area contributed by atoms with E-state index >= 15 is 8.78 Å². The molecular formula is C32H37F6N4O+. The van der Waals surface area contributed by atoms with Crippen molar-refractivity contribution in [3.63, 3.8) is 0 Å². The number of nitrogens with one attached hydrogen (secondary N) is 1. The molecule has 2 aliphatic heterocycles. The van der Waals surface area contributed by atoms with E-state index in [4.69, 9.17) is 0 Å². The van der Waals surface area contributed by atoms with Gasteiger partial charge >= 0.3 is 6.18 Å². The Morgan fingerprint density at radius 1 is 1.16 bits per heavy atom. The molecule has 1 amide bonds. The first kappa shape index (κ1) is 31.1. The molecule has 1 N–H and O–H groups in total. The van der Waals surface area contributed by atoms with Crippen LogP contribution in [0.4, 0.5) is 26.3 Å². The fraction of sp³-hybridized carbons (Fsp3) is 0.500. The number of quaternary nitrogens is 1. The molecular weight excluding hydrogens is 570 g/mol. The Balaban J connectivity index is 1.60. The molecule has 3 heterocycles. The molecule has 1 aromatic heterocycles. The predicted octanol–water partition coefficient (Wildman–Crippen LogP) is 6.70. The minimum absolute atomic E-state index is 0.00782. The number of nitrogens with zero attached hydrogens (tertiary/aromatic N) is 3. The van der Waals surface area contributed by atoms with Crippen LogP contribution in [-0.4, -0.2) is 65.1 Å². The molecule has 232 valence electrons. The van der Waals surface area contributed by atoms with Crippen molar-refractivity contribution >= 4 is 5.91 Å². The quantitative estimate of drug-likeness (QED) is 0.282. The largest absolute Gasteiger partial charge is 0.416 e. The standard InChI is InChI=1S/C32H36F6N4O/c1-29(2,35)28(43)40-20-30(42(4)16-6-8-26(42)21-7-5-15-39-19-21)14-13-25-22(17-30)18-31(27(33)34,41(25)3)23-9-11-24(12-10-23)32(36,37)38/h5,7,9-13,15,18-19,26-27H,6,8,14,16-17,20H2,1-4H3/p+1. The maximum Gasteiger partial charge on any atom is 0.416 e. The van der Waals surface area contributed by atoms with E-state index in [-0.39, 0.29) is 18.2 Å². The Kier molecular flexibility index (Phi) is 7.72. The molecule has 11 heteroatoms. The Labute approximate surface area is 247 Å². The van der Waals surface area contributed by atoms with Crippen LogP contribution in [-0.2, 0) is 16.5 Å². The highest BCUT2D eigenvalue weighted by Gasteiger charge is 2.59. The number of hydrogen-bond donors (Lipinski definition) is 1. The summed E-state index contributed by atoms with van der Waals surface area (Å²) in [7, 11) is 3.63. The summed E-state index contributed by atoms with van der Waals surface area (Å²) in [6.07, 6.45) is 1.80. The number of pyridine rings is 1. The number of aromatic nitrogens is 1. The van der Waals surface area contributed by atoms with E-state index in [0.29, 0.717) is 28.6 Å². The molecule has 5 rings (SSSR count). The highest BCUT2D eigenvalue weighted by molar-refractivity contribution is 5.84. The summed E-state index contributed by atoms with van der Waals surface area (Å²) >= 11 is 0. The molecule has 0 radical (unpaired) electrons. The van der Waals surface area contributed by atoms with Gasteiger partial charge in [-0.05, 0) is 49.3 Å². The molecule has 4 unspecified atom stereocenters. The van der Waals surface area contributed by atoms with Crippen molar-refractivity contribution in [3.8, 4) is 0 Å². The predicted molar refractivity (Wildman–Crippen MR) is 150 cm³/mol. The first-order valence-electron chi connectivity index (χ1n) is 14.4. The number of allylic oxidation sites excluding steroid dienone is 1. The summed E-state index contributed by atoms with van der Waals surface area (Å²) < 4.78 is 85.1. The molecule has 0 spiro atoms. The number of likely N-dealkylation sites (N-methyl/N-ethyl adjacent to an activating group) is 2. The number of fused-ring (bicyclic) bond motifs is 1. The zero-order valence-corrected chi connectivity index (χ0v) is 24.7. The van der Waals surface area contributed by atoms with Crippen LogP contribution < -0.4 is 5.32 Å². The van der Waals surface area contributed by atoms with Gasteiger partial charge in [0.2, 0.25) is 0 Å². The van der Waals surface area contributed by atoms with Gasteiger partial charge in [-0.1, -0.05) is 24.3 Å². The van der Waals surface area contributed by atoms with Crippen LogP contribution in [0.2, 0.25) is 0 Å². The molecule has 0 bridgehead atoms. The molecule has 3 aliphatic rings. The fourth-order valence-corrected chi connectivity index (χ4v) is 7.36. The summed E-state index contributed by atoms with van der Waals surface area (Å²) in [6, 6.07) is 7.77. The second-order valence-electron chi connectivity index (χ2n) is 12.7. The van der Waals surface area contributed by atoms with Gasteiger partial charge < -0.3 is 14.7 Å². The lowest BCUT2D eigenvalue weighted by molar-refractivity contribution is -0.974. The normalized spacial score (nSPS) is 29.4. The molecule has 4 atom stereocenters. The highest BCUT2D eigenvalue weighted by Crippen LogP contribution is 2.55. The Morgan fingerprint density at radius 3 is 2.44 bits per heavy atom. The molecule has 1 fully saturated rings. The van der Waals surface area contributed by atoms with Crippen molar-refractivity contribution in [2.45, 2.75) is 74.9 Å². The second kappa shape index (κ2) is 10.7. The molecule has 1 saturated heterocycles. The number of alkyl halides is 6. The maximum atomic E-state index is 15.1. The molecule has 1 aromatic carbocycles. The van der Waals surface area contributed by atoms with E-state index in [1.807, 2.05) is 24.4 Å². The van der Waals surface area contributed by atoms with Crippen molar-refractivity contribution in [2.75, 3.05) is 27.2 Å². The summed E-state index contributed by atoms with van der Waals surface area (Å²) in [5.41, 5.74) is -3.43. The lowest BCUT2D eigenvalue weighted by Crippen LogP contribution is -2.67. The zero-order chi connectivity index (χ0) is 31.4. The van der Waals surface area contributed by atoms with Gasteiger partial charge in [0.1, 0.15) is 17.1 Å². The second-order valence-corrected chi connectivity index (χ2v) is 12.7. The Bertz CT molecular complexity index is 1420. The van der Waals surface area contributed by atoms with Crippen LogP contribution in [0.5, 0.6) is 0 Å². The smallest absolute Gasteiger partial charge is 0.356 e. The van der Waals surface area contributed by atoms with Gasteiger partial charge in [0.15, 0.2) is 5.67 Å². The number of likely N-dealkylation sites (tertiary alicyclic amines) is 1. The van der Waals surface area contributed by atoms with Gasteiger partial charge in [-0.3, -0.25) is 9.78 Å². The van der Waals surface area contributed by atoms with Crippen molar-refractivity contribution in [1.29, 1.82) is 0 Å². The molecule has 43 heavy (non-hydrogen) atoms. The monoisotopic (exact) mass is 607 g/mol. The zero-order valence-electron chi connectivity index (χ0n) is 24.7. The molecule has 2 aromatic rings. The third-order valence-electron chi connectivity index (χ3n) is 9.90. The minimum Gasteiger partial charge on any atom is -0.356 e. The first-order chi connectivity index (χ1) is 20.0. The Morgan fingerprint density at radius 2 is 1.86 bits per heavy atom. The number of amides is 1. The SMILES string of the molecule is CN1C2=CCC(CNC(=O)C(C)(C)F)([N+]3(C)CCCC3c3cccnc3)CC2=CC1(c1ccc(C(F)(F)F)cc1)C(F)F. The van der Waals surface area contributed by atoms with Crippen LogP contribution in [0.3, 0.4) is 0 Å². The summed E-state index contributed by atoms with van der Waals surface area (Å²) in [5, 5.41) is 2.82. The van der Waals surface area contributed by atoms with Gasteiger partial charge in [0, 0.05) is 56.4 Å². The lowest BCUT2D eigenvalue weighted by atomic mass is 9.77. The summed E-state index contributed by atoms with van der Waals surface area (Å²) in [6.45, 7) is 3.24. The lowest BCUT2D eigenvalue weighted by Gasteiger charge is -2.54. The number of halogens is 6. The molecule has 5 nitrogen and oxygen atoms in total. The average Bonchev–Trinajstić information content (AvgIpc) is 3.50. The van der Waals surface area contributed by atoms with Crippen molar-refractivity contribution in [2.24, 2.45) is 0 Å². The van der Waals surface area contributed by atoms with Gasteiger partial charge in [0.25, 0.3) is 12.3 Å². The number of carbonyl (C=O) groups excluding carboxylic acids is 1. The van der Waals surface area contributed by atoms with Crippen LogP contribution in [0, 0.1) is 0 Å². The van der Waals surface area contributed by atoms with Crippen molar-refractivity contribution < 1.29 is 35.6 Å². The van der Waals surface area contributed by atoms with Crippen molar-refractivity contribution in [1.82, 2.24) is 15.2 Å². The van der Waals surface area contributed by atoms with Gasteiger partial charge in [0.05, 0.1) is 25.7 Å². The van der Waals surface area contributed by atoms with E-state index in [2.05, 4.69) is 17.3 Å². The van der Waals surface area contributed by atoms with Gasteiger partial charge in [-0.15, -0.1) is 0 Å². The van der Waals surface area contributed by atoms with E-state index in [1.54, 1.807) is 6.20 Å². The number of rotatable bonds is 7. The Hall–Kier alpha value is -3.34. The number of hydrogen-bond acceptors (Lipinski definition) is 3. The maximum absolute atomic E-state index is 15.1. The number of benzene rings is 1. The third kappa shape index (κ3) is 5.13. The van der Waals surface area contributed by atoms with E-state index in [0.717, 1.165) is 49.2 Å². The van der Waals surface area contributed by atoms with E-state index in [9.17, 15) is 22.4 Å². The van der Waals surface area contributed by atoms with Crippen LogP contribution in [0.1, 0.15) is 62.3 Å². The van der Waals surface area contributed by atoms with Crippen LogP contribution in [0.25, 0.3) is 0 Å². The summed E-state index contributed by atoms with van der Waals surface area (Å²) in [4.78, 5) is 18.5. The van der Waals surface area contributed by atoms with Crippen LogP contribution >= 0.6 is 0 Å². The van der Waals surface area contributed by atoms with Gasteiger partial charge in [-0.2, -0.15) is 13.2 Å².